The van der Waals surface area contributed by atoms with Gasteiger partial charge in [0.15, 0.2) is 5.75 Å². The van der Waals surface area contributed by atoms with E-state index in [9.17, 15) is 31.1 Å². The summed E-state index contributed by atoms with van der Waals surface area (Å²) >= 11 is 0. The van der Waals surface area contributed by atoms with Crippen LogP contribution in [0.1, 0.15) is 65.6 Å². The Morgan fingerprint density at radius 3 is 2.33 bits per heavy atom. The van der Waals surface area contributed by atoms with E-state index in [0.717, 1.165) is 18.3 Å². The van der Waals surface area contributed by atoms with Gasteiger partial charge in [0.1, 0.15) is 11.3 Å². The monoisotopic (exact) mass is 562 g/mol. The van der Waals surface area contributed by atoms with Crippen molar-refractivity contribution in [2.75, 3.05) is 0 Å². The van der Waals surface area contributed by atoms with Gasteiger partial charge in [-0.25, -0.2) is 4.98 Å². The molecular formula is C28H24F6N4O2. The van der Waals surface area contributed by atoms with Crippen molar-refractivity contribution in [1.29, 1.82) is 0 Å². The lowest BCUT2D eigenvalue weighted by molar-refractivity contribution is -0.275. The first-order valence-electron chi connectivity index (χ1n) is 12.6. The highest BCUT2D eigenvalue weighted by molar-refractivity contribution is 5.76. The number of rotatable bonds is 5. The zero-order valence-corrected chi connectivity index (χ0v) is 21.3. The molecular weight excluding hydrogens is 538 g/mol. The molecule has 0 N–H and O–H groups in total. The highest BCUT2D eigenvalue weighted by Crippen LogP contribution is 2.44. The topological polar surface area (TPSA) is 69.9 Å². The number of hydrogen-bond donors (Lipinski definition) is 0. The fraction of sp³-hybridized carbons (Fsp3) is 0.357. The molecule has 1 aliphatic rings. The molecule has 0 aliphatic heterocycles. The van der Waals surface area contributed by atoms with Gasteiger partial charge < -0.3 is 4.74 Å². The Labute approximate surface area is 224 Å². The van der Waals surface area contributed by atoms with Crippen molar-refractivity contribution in [3.8, 4) is 5.75 Å². The summed E-state index contributed by atoms with van der Waals surface area (Å²) in [5.74, 6) is -1.13. The lowest BCUT2D eigenvalue weighted by Crippen LogP contribution is -2.29. The van der Waals surface area contributed by atoms with Crippen LogP contribution in [0.15, 0.2) is 59.8 Å². The van der Waals surface area contributed by atoms with Crippen LogP contribution >= 0.6 is 0 Å². The second kappa shape index (κ2) is 10.5. The fourth-order valence-electron chi connectivity index (χ4n) is 5.42. The molecule has 12 heteroatoms. The predicted molar refractivity (Wildman–Crippen MR) is 134 cm³/mol. The first-order chi connectivity index (χ1) is 18.9. The maximum atomic E-state index is 13.8. The van der Waals surface area contributed by atoms with Crippen LogP contribution in [-0.4, -0.2) is 25.9 Å². The maximum absolute atomic E-state index is 13.8. The number of ether oxygens (including phenoxy) is 1. The summed E-state index contributed by atoms with van der Waals surface area (Å²) in [6, 6.07) is 8.67. The molecule has 4 heterocycles. The largest absolute Gasteiger partial charge is 0.573 e. The molecule has 5 rings (SSSR count). The van der Waals surface area contributed by atoms with Crippen molar-refractivity contribution in [2.24, 2.45) is 0 Å². The molecule has 0 radical (unpaired) electrons. The van der Waals surface area contributed by atoms with E-state index in [0.29, 0.717) is 42.3 Å². The van der Waals surface area contributed by atoms with E-state index in [1.54, 1.807) is 25.1 Å². The quantitative estimate of drug-likeness (QED) is 0.248. The molecule has 0 atom stereocenters. The Balaban J connectivity index is 1.49. The molecule has 4 aromatic rings. The lowest BCUT2D eigenvalue weighted by Gasteiger charge is -2.30. The van der Waals surface area contributed by atoms with Crippen LogP contribution in [0.5, 0.6) is 5.75 Å². The van der Waals surface area contributed by atoms with Crippen molar-refractivity contribution in [2.45, 2.75) is 63.5 Å². The lowest BCUT2D eigenvalue weighted by atomic mass is 9.75. The highest BCUT2D eigenvalue weighted by Gasteiger charge is 2.37. The van der Waals surface area contributed by atoms with Gasteiger partial charge in [-0.2, -0.15) is 13.2 Å². The number of pyridine rings is 4. The Morgan fingerprint density at radius 1 is 0.950 bits per heavy atom. The molecule has 0 saturated heterocycles. The van der Waals surface area contributed by atoms with Crippen LogP contribution in [0.3, 0.4) is 0 Å². The number of fused-ring (bicyclic) bond motifs is 1. The SMILES string of the molecule is Cc1ccc2cc([C@H]3CC[C@H](c4cnccc4C(F)(F)F)CC3)c(=O)n(Cc3ncccc3OC(F)(F)F)c2n1. The minimum atomic E-state index is -4.94. The summed E-state index contributed by atoms with van der Waals surface area (Å²) in [7, 11) is 0. The highest BCUT2D eigenvalue weighted by atomic mass is 19.4. The number of halogens is 6. The Kier molecular flexibility index (Phi) is 7.28. The second-order valence-corrected chi connectivity index (χ2v) is 9.86. The van der Waals surface area contributed by atoms with Gasteiger partial charge in [-0.05, 0) is 86.4 Å². The average Bonchev–Trinajstić information content (AvgIpc) is 2.90. The number of hydrogen-bond acceptors (Lipinski definition) is 5. The van der Waals surface area contributed by atoms with E-state index in [4.69, 9.17) is 0 Å². The Bertz CT molecular complexity index is 1590. The van der Waals surface area contributed by atoms with Gasteiger partial charge >= 0.3 is 12.5 Å². The molecule has 0 spiro atoms. The molecule has 1 aliphatic carbocycles. The first-order valence-corrected chi connectivity index (χ1v) is 12.6. The van der Waals surface area contributed by atoms with E-state index >= 15 is 0 Å². The van der Waals surface area contributed by atoms with Gasteiger partial charge in [0.05, 0.1) is 12.1 Å². The molecule has 0 aromatic carbocycles. The van der Waals surface area contributed by atoms with Gasteiger partial charge in [-0.3, -0.25) is 19.3 Å². The van der Waals surface area contributed by atoms with E-state index in [-0.39, 0.29) is 35.3 Å². The summed E-state index contributed by atoms with van der Waals surface area (Å²) < 4.78 is 85.1. The third-order valence-corrected chi connectivity index (χ3v) is 7.25. The molecule has 6 nitrogen and oxygen atoms in total. The molecule has 4 aromatic heterocycles. The van der Waals surface area contributed by atoms with Gasteiger partial charge in [0, 0.05) is 35.2 Å². The fourth-order valence-corrected chi connectivity index (χ4v) is 5.42. The van der Waals surface area contributed by atoms with E-state index in [1.165, 1.54) is 23.0 Å². The molecule has 210 valence electrons. The normalized spacial score (nSPS) is 18.2. The zero-order chi connectivity index (χ0) is 28.7. The van der Waals surface area contributed by atoms with Crippen molar-refractivity contribution in [1.82, 2.24) is 19.5 Å². The average molecular weight is 563 g/mol. The number of aryl methyl sites for hydroxylation is 1. The van der Waals surface area contributed by atoms with Gasteiger partial charge in [-0.15, -0.1) is 13.2 Å². The Morgan fingerprint density at radius 2 is 1.65 bits per heavy atom. The number of nitrogens with zero attached hydrogens (tertiary/aromatic N) is 4. The summed E-state index contributed by atoms with van der Waals surface area (Å²) in [5, 5.41) is 0.614. The third kappa shape index (κ3) is 5.80. The number of aromatic nitrogens is 4. The van der Waals surface area contributed by atoms with Crippen LogP contribution in [0.2, 0.25) is 0 Å². The molecule has 40 heavy (non-hydrogen) atoms. The maximum Gasteiger partial charge on any atom is 0.573 e. The van der Waals surface area contributed by atoms with Gasteiger partial charge in [-0.1, -0.05) is 0 Å². The van der Waals surface area contributed by atoms with Crippen molar-refractivity contribution >= 4 is 11.0 Å². The van der Waals surface area contributed by atoms with Gasteiger partial charge in [0.2, 0.25) is 0 Å². The van der Waals surface area contributed by atoms with Crippen LogP contribution in [0.25, 0.3) is 11.0 Å². The molecule has 0 unspecified atom stereocenters. The molecule has 0 amide bonds. The van der Waals surface area contributed by atoms with E-state index in [2.05, 4.69) is 19.7 Å². The Hall–Kier alpha value is -3.96. The van der Waals surface area contributed by atoms with Crippen molar-refractivity contribution in [3.05, 3.63) is 93.4 Å². The van der Waals surface area contributed by atoms with Crippen LogP contribution in [0.4, 0.5) is 26.3 Å². The second-order valence-electron chi connectivity index (χ2n) is 9.86. The van der Waals surface area contributed by atoms with Gasteiger partial charge in [0.25, 0.3) is 5.56 Å². The van der Waals surface area contributed by atoms with Crippen LogP contribution < -0.4 is 10.3 Å². The summed E-state index contributed by atoms with van der Waals surface area (Å²) in [5.41, 5.74) is 0.255. The first kappa shape index (κ1) is 27.6. The smallest absolute Gasteiger partial charge is 0.404 e. The third-order valence-electron chi connectivity index (χ3n) is 7.25. The van der Waals surface area contributed by atoms with Crippen molar-refractivity contribution < 1.29 is 31.1 Å². The summed E-state index contributed by atoms with van der Waals surface area (Å²) in [6.45, 7) is 1.42. The summed E-state index contributed by atoms with van der Waals surface area (Å²) in [6.07, 6.45) is -3.97. The molecule has 1 fully saturated rings. The minimum absolute atomic E-state index is 0.0938. The standard InChI is InChI=1S/C28H24F6N4O2/c1-16-4-5-19-13-20(17-6-8-18(9-7-17)21-14-35-12-10-22(21)27(29,30)31)26(39)38(25(19)37-16)15-23-24(3-2-11-36-23)40-28(32,33)34/h2-5,10-14,17-18H,6-9,15H2,1H3/t17-,18-. The summed E-state index contributed by atoms with van der Waals surface area (Å²) in [4.78, 5) is 26.2. The van der Waals surface area contributed by atoms with E-state index < -0.39 is 29.4 Å². The molecule has 0 bridgehead atoms. The van der Waals surface area contributed by atoms with Crippen LogP contribution in [0, 0.1) is 6.92 Å². The van der Waals surface area contributed by atoms with Crippen LogP contribution in [-0.2, 0) is 12.7 Å². The minimum Gasteiger partial charge on any atom is -0.404 e. The van der Waals surface area contributed by atoms with E-state index in [1.807, 2.05) is 0 Å². The predicted octanol–water partition coefficient (Wildman–Crippen LogP) is 6.90. The molecule has 1 saturated carbocycles. The number of alkyl halides is 6. The zero-order valence-electron chi connectivity index (χ0n) is 21.3. The van der Waals surface area contributed by atoms with Crippen molar-refractivity contribution in [3.63, 3.8) is 0 Å².